The van der Waals surface area contributed by atoms with Crippen molar-refractivity contribution in [3.05, 3.63) is 52.2 Å². The number of rotatable bonds is 8. The first-order valence-electron chi connectivity index (χ1n) is 9.38. The molecule has 0 spiro atoms. The van der Waals surface area contributed by atoms with Gasteiger partial charge in [0.05, 0.1) is 23.6 Å². The van der Waals surface area contributed by atoms with Gasteiger partial charge in [0.15, 0.2) is 5.78 Å². The molecule has 0 aliphatic carbocycles. The summed E-state index contributed by atoms with van der Waals surface area (Å²) in [6.07, 6.45) is 0.555. The van der Waals surface area contributed by atoms with E-state index in [2.05, 4.69) is 11.4 Å². The zero-order chi connectivity index (χ0) is 20.1. The number of carbonyl (C=O) groups excluding carboxylic acids is 1. The third-order valence-electron chi connectivity index (χ3n) is 4.59. The maximum Gasteiger partial charge on any atom is 0.243 e. The Balaban J connectivity index is 1.63. The van der Waals surface area contributed by atoms with Crippen LogP contribution in [0.5, 0.6) is 0 Å². The van der Waals surface area contributed by atoms with Crippen LogP contribution in [0.15, 0.2) is 46.7 Å². The van der Waals surface area contributed by atoms with Gasteiger partial charge in [-0.15, -0.1) is 11.3 Å². The highest BCUT2D eigenvalue weighted by molar-refractivity contribution is 7.89. The maximum absolute atomic E-state index is 13.0. The van der Waals surface area contributed by atoms with Crippen LogP contribution in [0.4, 0.5) is 0 Å². The van der Waals surface area contributed by atoms with E-state index in [4.69, 9.17) is 4.74 Å². The highest BCUT2D eigenvalue weighted by Gasteiger charge is 2.32. The SMILES string of the molecule is CC1CN(S(=O)(=O)c2cccc(C(=O)CNCCc3cccs3)c2)CC(C)O1. The summed E-state index contributed by atoms with van der Waals surface area (Å²) in [4.78, 5) is 13.9. The average Bonchev–Trinajstić information content (AvgIpc) is 3.18. The molecule has 8 heteroatoms. The molecule has 28 heavy (non-hydrogen) atoms. The normalized spacial score (nSPS) is 20.9. The van der Waals surface area contributed by atoms with Crippen LogP contribution < -0.4 is 5.32 Å². The second kappa shape index (κ2) is 9.28. The Hall–Kier alpha value is -1.58. The number of carbonyl (C=O) groups is 1. The summed E-state index contributed by atoms with van der Waals surface area (Å²) in [7, 11) is -3.66. The van der Waals surface area contributed by atoms with Crippen LogP contribution in [-0.4, -0.2) is 56.9 Å². The Morgan fingerprint density at radius 1 is 1.21 bits per heavy atom. The molecule has 1 saturated heterocycles. The minimum atomic E-state index is -3.66. The maximum atomic E-state index is 13.0. The van der Waals surface area contributed by atoms with Crippen molar-refractivity contribution in [3.63, 3.8) is 0 Å². The molecule has 0 saturated carbocycles. The molecule has 0 amide bonds. The van der Waals surface area contributed by atoms with Crippen LogP contribution >= 0.6 is 11.3 Å². The van der Waals surface area contributed by atoms with Crippen LogP contribution in [0.3, 0.4) is 0 Å². The molecule has 2 heterocycles. The molecule has 2 unspecified atom stereocenters. The van der Waals surface area contributed by atoms with E-state index in [1.54, 1.807) is 29.5 Å². The van der Waals surface area contributed by atoms with Crippen LogP contribution in [0, 0.1) is 0 Å². The third kappa shape index (κ3) is 5.27. The van der Waals surface area contributed by atoms with Gasteiger partial charge in [-0.2, -0.15) is 4.31 Å². The van der Waals surface area contributed by atoms with Crippen LogP contribution in [0.1, 0.15) is 29.1 Å². The lowest BCUT2D eigenvalue weighted by molar-refractivity contribution is -0.0440. The minimum absolute atomic E-state index is 0.119. The molecule has 1 aromatic heterocycles. The van der Waals surface area contributed by atoms with Gasteiger partial charge < -0.3 is 10.1 Å². The van der Waals surface area contributed by atoms with E-state index in [0.717, 1.165) is 6.42 Å². The second-order valence-electron chi connectivity index (χ2n) is 7.04. The fourth-order valence-electron chi connectivity index (χ4n) is 3.28. The van der Waals surface area contributed by atoms with E-state index in [0.29, 0.717) is 25.2 Å². The van der Waals surface area contributed by atoms with Gasteiger partial charge in [0.2, 0.25) is 10.0 Å². The van der Waals surface area contributed by atoms with Gasteiger partial charge in [0.25, 0.3) is 0 Å². The molecule has 3 rings (SSSR count). The van der Waals surface area contributed by atoms with E-state index in [-0.39, 0.29) is 29.4 Å². The lowest BCUT2D eigenvalue weighted by Crippen LogP contribution is -2.48. The van der Waals surface area contributed by atoms with Gasteiger partial charge in [0.1, 0.15) is 0 Å². The van der Waals surface area contributed by atoms with Crippen molar-refractivity contribution in [2.24, 2.45) is 0 Å². The molecule has 6 nitrogen and oxygen atoms in total. The molecule has 2 atom stereocenters. The summed E-state index contributed by atoms with van der Waals surface area (Å²) in [6.45, 7) is 5.23. The smallest absolute Gasteiger partial charge is 0.243 e. The molecule has 1 N–H and O–H groups in total. The zero-order valence-corrected chi connectivity index (χ0v) is 17.8. The fourth-order valence-corrected chi connectivity index (χ4v) is 5.62. The Labute approximate surface area is 170 Å². The lowest BCUT2D eigenvalue weighted by atomic mass is 10.1. The van der Waals surface area contributed by atoms with Gasteiger partial charge in [-0.3, -0.25) is 4.79 Å². The van der Waals surface area contributed by atoms with E-state index in [1.165, 1.54) is 15.2 Å². The van der Waals surface area contributed by atoms with E-state index < -0.39 is 10.0 Å². The van der Waals surface area contributed by atoms with Gasteiger partial charge in [-0.25, -0.2) is 8.42 Å². The number of sulfonamides is 1. The van der Waals surface area contributed by atoms with Crippen molar-refractivity contribution in [2.75, 3.05) is 26.2 Å². The monoisotopic (exact) mass is 422 g/mol. The number of thiophene rings is 1. The number of benzene rings is 1. The number of nitrogens with zero attached hydrogens (tertiary/aromatic N) is 1. The Bertz CT molecular complexity index is 887. The standard InChI is InChI=1S/C20H26N2O4S2/c1-15-13-22(14-16(2)26-15)28(24,25)19-7-3-5-17(11-19)20(23)12-21-9-8-18-6-4-10-27-18/h3-7,10-11,15-16,21H,8-9,12-14H2,1-2H3. The summed E-state index contributed by atoms with van der Waals surface area (Å²) in [5, 5.41) is 5.17. The topological polar surface area (TPSA) is 75.7 Å². The summed E-state index contributed by atoms with van der Waals surface area (Å²) in [5.41, 5.74) is 0.402. The van der Waals surface area contributed by atoms with Crippen molar-refractivity contribution in [1.29, 1.82) is 0 Å². The largest absolute Gasteiger partial charge is 0.373 e. The predicted octanol–water partition coefficient (Wildman–Crippen LogP) is 2.56. The highest BCUT2D eigenvalue weighted by Crippen LogP contribution is 2.22. The van der Waals surface area contributed by atoms with Crippen molar-refractivity contribution in [1.82, 2.24) is 9.62 Å². The van der Waals surface area contributed by atoms with Crippen molar-refractivity contribution >= 4 is 27.1 Å². The van der Waals surface area contributed by atoms with Crippen molar-refractivity contribution in [2.45, 2.75) is 37.4 Å². The van der Waals surface area contributed by atoms with Crippen LogP contribution in [0.25, 0.3) is 0 Å². The van der Waals surface area contributed by atoms with Gasteiger partial charge in [-0.1, -0.05) is 18.2 Å². The summed E-state index contributed by atoms with van der Waals surface area (Å²) >= 11 is 1.69. The molecule has 0 bridgehead atoms. The first-order chi connectivity index (χ1) is 13.4. The van der Waals surface area contributed by atoms with Crippen LogP contribution in [0.2, 0.25) is 0 Å². The number of nitrogens with one attached hydrogen (secondary N) is 1. The average molecular weight is 423 g/mol. The number of ketones is 1. The first-order valence-corrected chi connectivity index (χ1v) is 11.7. The Morgan fingerprint density at radius 2 is 1.96 bits per heavy atom. The fraction of sp³-hybridized carbons (Fsp3) is 0.450. The zero-order valence-electron chi connectivity index (χ0n) is 16.1. The number of morpholine rings is 1. The Morgan fingerprint density at radius 3 is 2.64 bits per heavy atom. The predicted molar refractivity (Wildman–Crippen MR) is 110 cm³/mol. The first kappa shape index (κ1) is 21.1. The molecule has 1 aromatic carbocycles. The summed E-state index contributed by atoms with van der Waals surface area (Å²) in [5.74, 6) is -0.119. The van der Waals surface area contributed by atoms with E-state index >= 15 is 0 Å². The molecule has 0 radical (unpaired) electrons. The molecule has 2 aromatic rings. The molecule has 1 fully saturated rings. The summed E-state index contributed by atoms with van der Waals surface area (Å²) in [6, 6.07) is 10.4. The van der Waals surface area contributed by atoms with Crippen molar-refractivity contribution in [3.8, 4) is 0 Å². The van der Waals surface area contributed by atoms with Gasteiger partial charge in [-0.05, 0) is 43.8 Å². The number of hydrogen-bond acceptors (Lipinski definition) is 6. The molecule has 1 aliphatic rings. The van der Waals surface area contributed by atoms with Crippen LogP contribution in [-0.2, 0) is 21.2 Å². The van der Waals surface area contributed by atoms with E-state index in [9.17, 15) is 13.2 Å². The number of Topliss-reactive ketones (excluding diaryl/α,β-unsaturated/α-hetero) is 1. The summed E-state index contributed by atoms with van der Waals surface area (Å²) < 4.78 is 33.0. The second-order valence-corrected chi connectivity index (χ2v) is 10.0. The minimum Gasteiger partial charge on any atom is -0.373 e. The van der Waals surface area contributed by atoms with Crippen molar-refractivity contribution < 1.29 is 17.9 Å². The molecular weight excluding hydrogens is 396 g/mol. The quantitative estimate of drug-likeness (QED) is 0.523. The lowest BCUT2D eigenvalue weighted by Gasteiger charge is -2.34. The number of hydrogen-bond donors (Lipinski definition) is 1. The van der Waals surface area contributed by atoms with E-state index in [1.807, 2.05) is 25.3 Å². The highest BCUT2D eigenvalue weighted by atomic mass is 32.2. The third-order valence-corrected chi connectivity index (χ3v) is 7.36. The molecule has 1 aliphatic heterocycles. The van der Waals surface area contributed by atoms with Gasteiger partial charge in [0, 0.05) is 30.1 Å². The number of ether oxygens (including phenoxy) is 1. The molecular formula is C20H26N2O4S2. The van der Waals surface area contributed by atoms with Gasteiger partial charge >= 0.3 is 0 Å². The molecule has 152 valence electrons. The Kier molecular flexibility index (Phi) is 7.00.